The number of nitrogens with two attached hydrogens (primary N) is 1. The second kappa shape index (κ2) is 7.63. The Bertz CT molecular complexity index is 926. The van der Waals surface area contributed by atoms with Crippen molar-refractivity contribution in [2.24, 2.45) is 5.14 Å². The van der Waals surface area contributed by atoms with E-state index in [9.17, 15) is 13.2 Å². The van der Waals surface area contributed by atoms with Crippen LogP contribution in [0.4, 0.5) is 11.4 Å². The lowest BCUT2D eigenvalue weighted by molar-refractivity contribution is 0.102. The zero-order chi connectivity index (χ0) is 19.5. The third-order valence-electron chi connectivity index (χ3n) is 3.67. The normalized spacial score (nSPS) is 11.0. The van der Waals surface area contributed by atoms with Crippen molar-refractivity contribution in [3.8, 4) is 11.5 Å². The fourth-order valence-corrected chi connectivity index (χ4v) is 2.89. The predicted molar refractivity (Wildman–Crippen MR) is 99.6 cm³/mol. The van der Waals surface area contributed by atoms with Crippen LogP contribution in [-0.4, -0.2) is 42.6 Å². The highest BCUT2D eigenvalue weighted by Crippen LogP contribution is 2.30. The third-order valence-corrected chi connectivity index (χ3v) is 4.58. The molecule has 0 spiro atoms. The Morgan fingerprint density at radius 3 is 2.23 bits per heavy atom. The molecular formula is C17H21N3O5S. The van der Waals surface area contributed by atoms with Gasteiger partial charge in [0.1, 0.15) is 0 Å². The van der Waals surface area contributed by atoms with E-state index in [1.54, 1.807) is 37.2 Å². The molecule has 26 heavy (non-hydrogen) atoms. The maximum atomic E-state index is 12.6. The van der Waals surface area contributed by atoms with Crippen LogP contribution < -0.4 is 24.8 Å². The van der Waals surface area contributed by atoms with Gasteiger partial charge < -0.3 is 19.7 Å². The lowest BCUT2D eigenvalue weighted by atomic mass is 10.1. The van der Waals surface area contributed by atoms with E-state index in [0.717, 1.165) is 0 Å². The van der Waals surface area contributed by atoms with Crippen LogP contribution >= 0.6 is 0 Å². The van der Waals surface area contributed by atoms with Crippen molar-refractivity contribution in [2.45, 2.75) is 4.90 Å². The number of rotatable bonds is 6. The average Bonchev–Trinajstić information content (AvgIpc) is 2.59. The first kappa shape index (κ1) is 19.5. The van der Waals surface area contributed by atoms with Crippen LogP contribution in [0.2, 0.25) is 0 Å². The number of nitrogens with one attached hydrogen (secondary N) is 1. The van der Waals surface area contributed by atoms with Gasteiger partial charge in [0.15, 0.2) is 11.5 Å². The molecule has 2 rings (SSSR count). The number of carbonyl (C=O) groups excluding carboxylic acids is 1. The van der Waals surface area contributed by atoms with Gasteiger partial charge in [-0.1, -0.05) is 0 Å². The molecule has 0 aromatic heterocycles. The number of ether oxygens (including phenoxy) is 2. The van der Waals surface area contributed by atoms with Crippen molar-refractivity contribution in [1.82, 2.24) is 0 Å². The number of sulfonamides is 1. The molecular weight excluding hydrogens is 358 g/mol. The van der Waals surface area contributed by atoms with Crippen LogP contribution in [0.25, 0.3) is 0 Å². The number of hydrogen-bond acceptors (Lipinski definition) is 6. The maximum absolute atomic E-state index is 12.6. The summed E-state index contributed by atoms with van der Waals surface area (Å²) >= 11 is 0. The van der Waals surface area contributed by atoms with Gasteiger partial charge >= 0.3 is 0 Å². The summed E-state index contributed by atoms with van der Waals surface area (Å²) < 4.78 is 33.5. The average molecular weight is 379 g/mol. The number of amides is 1. The van der Waals surface area contributed by atoms with Gasteiger partial charge in [0.25, 0.3) is 5.91 Å². The van der Waals surface area contributed by atoms with Crippen LogP contribution in [0.15, 0.2) is 41.3 Å². The lowest BCUT2D eigenvalue weighted by Gasteiger charge is -2.19. The van der Waals surface area contributed by atoms with Crippen molar-refractivity contribution in [2.75, 3.05) is 38.5 Å². The molecule has 2 aromatic carbocycles. The fourth-order valence-electron chi connectivity index (χ4n) is 2.35. The van der Waals surface area contributed by atoms with Crippen molar-refractivity contribution < 1.29 is 22.7 Å². The Balaban J connectivity index is 2.42. The van der Waals surface area contributed by atoms with E-state index in [2.05, 4.69) is 5.32 Å². The van der Waals surface area contributed by atoms with Gasteiger partial charge in [-0.15, -0.1) is 0 Å². The number of hydrogen-bond donors (Lipinski definition) is 2. The van der Waals surface area contributed by atoms with Crippen LogP contribution in [0.1, 0.15) is 10.4 Å². The highest BCUT2D eigenvalue weighted by molar-refractivity contribution is 7.89. The van der Waals surface area contributed by atoms with E-state index < -0.39 is 15.9 Å². The molecule has 0 aliphatic carbocycles. The van der Waals surface area contributed by atoms with Crippen molar-refractivity contribution in [1.29, 1.82) is 0 Å². The standard InChI is InChI=1S/C17H21N3O5S/c1-20(2)14-7-6-12(26(18,22)23)10-13(14)19-17(21)11-5-8-15(24-3)16(9-11)25-4/h5-10H,1-4H3,(H,19,21)(H2,18,22,23). The molecule has 0 radical (unpaired) electrons. The summed E-state index contributed by atoms with van der Waals surface area (Å²) in [5.41, 5.74) is 1.28. The number of benzene rings is 2. The summed E-state index contributed by atoms with van der Waals surface area (Å²) in [7, 11) is 2.63. The molecule has 0 aliphatic rings. The first-order chi connectivity index (χ1) is 12.2. The number of nitrogens with zero attached hydrogens (tertiary/aromatic N) is 1. The second-order valence-corrected chi connectivity index (χ2v) is 7.20. The molecule has 140 valence electrons. The van der Waals surface area contributed by atoms with Crippen molar-refractivity contribution in [3.63, 3.8) is 0 Å². The van der Waals surface area contributed by atoms with E-state index >= 15 is 0 Å². The largest absolute Gasteiger partial charge is 0.493 e. The highest BCUT2D eigenvalue weighted by atomic mass is 32.2. The summed E-state index contributed by atoms with van der Waals surface area (Å²) in [6.45, 7) is 0. The third kappa shape index (κ3) is 4.24. The van der Waals surface area contributed by atoms with Crippen LogP contribution in [0, 0.1) is 0 Å². The molecule has 0 heterocycles. The molecule has 3 N–H and O–H groups in total. The maximum Gasteiger partial charge on any atom is 0.255 e. The van der Waals surface area contributed by atoms with Crippen molar-refractivity contribution in [3.05, 3.63) is 42.0 Å². The van der Waals surface area contributed by atoms with Gasteiger partial charge in [0.2, 0.25) is 10.0 Å². The van der Waals surface area contributed by atoms with E-state index in [0.29, 0.717) is 28.4 Å². The highest BCUT2D eigenvalue weighted by Gasteiger charge is 2.16. The minimum absolute atomic E-state index is 0.0919. The summed E-state index contributed by atoms with van der Waals surface area (Å²) in [5, 5.41) is 7.89. The summed E-state index contributed by atoms with van der Waals surface area (Å²) in [4.78, 5) is 14.3. The Morgan fingerprint density at radius 2 is 1.69 bits per heavy atom. The van der Waals surface area contributed by atoms with Crippen LogP contribution in [-0.2, 0) is 10.0 Å². The Kier molecular flexibility index (Phi) is 5.73. The monoisotopic (exact) mass is 379 g/mol. The zero-order valence-corrected chi connectivity index (χ0v) is 15.8. The summed E-state index contributed by atoms with van der Waals surface area (Å²) in [6, 6.07) is 9.01. The minimum atomic E-state index is -3.89. The molecule has 0 fully saturated rings. The number of anilines is 2. The van der Waals surface area contributed by atoms with Crippen LogP contribution in [0.5, 0.6) is 11.5 Å². The molecule has 0 aliphatic heterocycles. The van der Waals surface area contributed by atoms with E-state index in [1.807, 2.05) is 0 Å². The molecule has 9 heteroatoms. The lowest BCUT2D eigenvalue weighted by Crippen LogP contribution is -2.18. The Hall–Kier alpha value is -2.78. The SMILES string of the molecule is COc1ccc(C(=O)Nc2cc(S(N)(=O)=O)ccc2N(C)C)cc1OC. The zero-order valence-electron chi connectivity index (χ0n) is 14.9. The van der Waals surface area contributed by atoms with Gasteiger partial charge in [0, 0.05) is 19.7 Å². The topological polar surface area (TPSA) is 111 Å². The molecule has 8 nitrogen and oxygen atoms in total. The Labute approximate surface area is 152 Å². The van der Waals surface area contributed by atoms with Gasteiger partial charge in [-0.2, -0.15) is 0 Å². The minimum Gasteiger partial charge on any atom is -0.493 e. The van der Waals surface area contributed by atoms with E-state index in [-0.39, 0.29) is 4.90 Å². The van der Waals surface area contributed by atoms with Crippen LogP contribution in [0.3, 0.4) is 0 Å². The molecule has 0 saturated heterocycles. The quantitative estimate of drug-likeness (QED) is 0.790. The molecule has 0 bridgehead atoms. The Morgan fingerprint density at radius 1 is 1.04 bits per heavy atom. The van der Waals surface area contributed by atoms with Gasteiger partial charge in [0.05, 0.1) is 30.5 Å². The molecule has 2 aromatic rings. The molecule has 0 atom stereocenters. The van der Waals surface area contributed by atoms with Gasteiger partial charge in [-0.05, 0) is 36.4 Å². The first-order valence-corrected chi connectivity index (χ1v) is 9.09. The van der Waals surface area contributed by atoms with E-state index in [4.69, 9.17) is 14.6 Å². The predicted octanol–water partition coefficient (Wildman–Crippen LogP) is 1.67. The van der Waals surface area contributed by atoms with Gasteiger partial charge in [-0.25, -0.2) is 13.6 Å². The molecule has 0 saturated carbocycles. The number of primary sulfonamides is 1. The number of methoxy groups -OCH3 is 2. The molecule has 0 unspecified atom stereocenters. The number of carbonyl (C=O) groups is 1. The fraction of sp³-hybridized carbons (Fsp3) is 0.235. The smallest absolute Gasteiger partial charge is 0.255 e. The van der Waals surface area contributed by atoms with Gasteiger partial charge in [-0.3, -0.25) is 4.79 Å². The van der Waals surface area contributed by atoms with Crippen molar-refractivity contribution >= 4 is 27.3 Å². The second-order valence-electron chi connectivity index (χ2n) is 5.64. The summed E-state index contributed by atoms with van der Waals surface area (Å²) in [5.74, 6) is 0.473. The molecule has 1 amide bonds. The van der Waals surface area contributed by atoms with E-state index in [1.165, 1.54) is 32.4 Å². The first-order valence-electron chi connectivity index (χ1n) is 7.55. The summed E-state index contributed by atoms with van der Waals surface area (Å²) in [6.07, 6.45) is 0.